The summed E-state index contributed by atoms with van der Waals surface area (Å²) < 4.78 is 38.7. The lowest BCUT2D eigenvalue weighted by atomic mass is 9.86. The highest BCUT2D eigenvalue weighted by Crippen LogP contribution is 2.36. The Kier molecular flexibility index (Phi) is 4.02. The fourth-order valence-corrected chi connectivity index (χ4v) is 2.93. The van der Waals surface area contributed by atoms with E-state index in [1.807, 2.05) is 12.1 Å². The van der Waals surface area contributed by atoms with Gasteiger partial charge >= 0.3 is 6.18 Å². The molecule has 3 rings (SSSR count). The van der Waals surface area contributed by atoms with E-state index in [9.17, 15) is 18.0 Å². The van der Waals surface area contributed by atoms with Gasteiger partial charge in [-0.3, -0.25) is 4.79 Å². The molecule has 1 aliphatic carbocycles. The highest BCUT2D eigenvalue weighted by Gasteiger charge is 2.33. The zero-order valence-corrected chi connectivity index (χ0v) is 12.7. The van der Waals surface area contributed by atoms with Crippen molar-refractivity contribution >= 4 is 23.5 Å². The molecule has 0 aliphatic heterocycles. The maximum absolute atomic E-state index is 12.9. The van der Waals surface area contributed by atoms with Crippen LogP contribution >= 0.6 is 11.6 Å². The topological polar surface area (TPSA) is 17.1 Å². The van der Waals surface area contributed by atoms with Crippen LogP contribution in [-0.2, 0) is 12.6 Å². The number of rotatable bonds is 1. The van der Waals surface area contributed by atoms with Gasteiger partial charge in [-0.25, -0.2) is 0 Å². The number of carbonyl (C=O) groups is 1. The Morgan fingerprint density at radius 3 is 2.52 bits per heavy atom. The predicted molar refractivity (Wildman–Crippen MR) is 83.5 cm³/mol. The molecule has 1 nitrogen and oxygen atoms in total. The molecule has 0 atom stereocenters. The minimum atomic E-state index is -4.52. The van der Waals surface area contributed by atoms with Gasteiger partial charge in [0.1, 0.15) is 0 Å². The Hall–Kier alpha value is -2.07. The first-order valence-corrected chi connectivity index (χ1v) is 7.44. The van der Waals surface area contributed by atoms with E-state index in [0.717, 1.165) is 11.6 Å². The summed E-state index contributed by atoms with van der Waals surface area (Å²) in [5, 5.41) is -0.347. The second-order valence-corrected chi connectivity index (χ2v) is 5.80. The number of benzene rings is 2. The van der Waals surface area contributed by atoms with Gasteiger partial charge < -0.3 is 0 Å². The molecule has 0 spiro atoms. The third kappa shape index (κ3) is 3.17. The fraction of sp³-hybridized carbons (Fsp3) is 0.167. The molecular formula is C18H12ClF3O. The van der Waals surface area contributed by atoms with Crippen molar-refractivity contribution in [3.8, 4) is 0 Å². The van der Waals surface area contributed by atoms with Gasteiger partial charge in [-0.15, -0.1) is 0 Å². The Balaban J connectivity index is 1.99. The van der Waals surface area contributed by atoms with Crippen LogP contribution in [0.1, 0.15) is 33.5 Å². The van der Waals surface area contributed by atoms with E-state index in [4.69, 9.17) is 11.6 Å². The molecule has 0 fully saturated rings. The van der Waals surface area contributed by atoms with E-state index in [1.54, 1.807) is 12.1 Å². The first-order chi connectivity index (χ1) is 10.9. The second-order valence-electron chi connectivity index (χ2n) is 5.39. The summed E-state index contributed by atoms with van der Waals surface area (Å²) in [5.41, 5.74) is 1.54. The van der Waals surface area contributed by atoms with Crippen LogP contribution in [0, 0.1) is 0 Å². The van der Waals surface area contributed by atoms with Crippen LogP contribution in [-0.4, -0.2) is 5.78 Å². The van der Waals surface area contributed by atoms with Crippen LogP contribution in [0.15, 0.2) is 48.0 Å². The monoisotopic (exact) mass is 336 g/mol. The van der Waals surface area contributed by atoms with Crippen molar-refractivity contribution < 1.29 is 18.0 Å². The molecule has 0 saturated carbocycles. The highest BCUT2D eigenvalue weighted by molar-refractivity contribution is 6.31. The number of ketones is 1. The summed E-state index contributed by atoms with van der Waals surface area (Å²) in [7, 11) is 0. The lowest BCUT2D eigenvalue weighted by Gasteiger charge is -2.17. The van der Waals surface area contributed by atoms with Crippen molar-refractivity contribution in [2.24, 2.45) is 0 Å². The van der Waals surface area contributed by atoms with Crippen molar-refractivity contribution in [2.45, 2.75) is 19.0 Å². The number of aryl methyl sites for hydroxylation is 1. The molecule has 2 aromatic carbocycles. The van der Waals surface area contributed by atoms with Crippen molar-refractivity contribution in [1.29, 1.82) is 0 Å². The highest BCUT2D eigenvalue weighted by atomic mass is 35.5. The number of carbonyl (C=O) groups excluding carboxylic acids is 1. The van der Waals surface area contributed by atoms with Crippen LogP contribution in [0.4, 0.5) is 13.2 Å². The molecule has 0 aromatic heterocycles. The Morgan fingerprint density at radius 2 is 1.78 bits per heavy atom. The number of Topliss-reactive ketones (excluding diaryl/α,β-unsaturated/α-hetero) is 1. The third-order valence-corrected chi connectivity index (χ3v) is 4.18. The first kappa shape index (κ1) is 15.8. The molecule has 2 aromatic rings. The number of halogens is 4. The SMILES string of the molecule is O=C1C(=Cc2ccc(Cl)c(C(F)(F)F)c2)CCc2ccccc21. The Bertz CT molecular complexity index is 806. The average Bonchev–Trinajstić information content (AvgIpc) is 2.51. The average molecular weight is 337 g/mol. The number of allylic oxidation sites excluding steroid dienone is 1. The molecular weight excluding hydrogens is 325 g/mol. The van der Waals surface area contributed by atoms with Gasteiger partial charge in [0.2, 0.25) is 0 Å². The summed E-state index contributed by atoms with van der Waals surface area (Å²) in [6, 6.07) is 11.0. The van der Waals surface area contributed by atoms with Crippen molar-refractivity contribution in [2.75, 3.05) is 0 Å². The largest absolute Gasteiger partial charge is 0.417 e. The minimum Gasteiger partial charge on any atom is -0.289 e. The molecule has 23 heavy (non-hydrogen) atoms. The maximum Gasteiger partial charge on any atom is 0.417 e. The minimum absolute atomic E-state index is 0.129. The number of fused-ring (bicyclic) bond motifs is 1. The molecule has 0 bridgehead atoms. The van der Waals surface area contributed by atoms with Gasteiger partial charge in [0, 0.05) is 11.1 Å². The van der Waals surface area contributed by atoms with Gasteiger partial charge in [0.15, 0.2) is 5.78 Å². The van der Waals surface area contributed by atoms with Crippen molar-refractivity contribution in [3.63, 3.8) is 0 Å². The summed E-state index contributed by atoms with van der Waals surface area (Å²) >= 11 is 5.61. The lowest BCUT2D eigenvalue weighted by Crippen LogP contribution is -2.13. The predicted octanol–water partition coefficient (Wildman–Crippen LogP) is 5.57. The Morgan fingerprint density at radius 1 is 1.04 bits per heavy atom. The second kappa shape index (κ2) is 5.85. The molecule has 5 heteroatoms. The van der Waals surface area contributed by atoms with Gasteiger partial charge in [0.25, 0.3) is 0 Å². The molecule has 1 aliphatic rings. The summed E-state index contributed by atoms with van der Waals surface area (Å²) in [4.78, 5) is 12.5. The number of hydrogen-bond donors (Lipinski definition) is 0. The van der Waals surface area contributed by atoms with Crippen LogP contribution in [0.2, 0.25) is 5.02 Å². The standard InChI is InChI=1S/C18H12ClF3O/c19-16-8-5-11(10-15(16)18(20,21)22)9-13-7-6-12-3-1-2-4-14(12)17(13)23/h1-5,8-10H,6-7H2. The van der Waals surface area contributed by atoms with Crippen LogP contribution in [0.5, 0.6) is 0 Å². The van der Waals surface area contributed by atoms with E-state index in [0.29, 0.717) is 29.5 Å². The number of alkyl halides is 3. The molecule has 0 heterocycles. The third-order valence-electron chi connectivity index (χ3n) is 3.85. The summed E-state index contributed by atoms with van der Waals surface area (Å²) in [6.07, 6.45) is -1.79. The van der Waals surface area contributed by atoms with Gasteiger partial charge in [-0.1, -0.05) is 41.9 Å². The molecule has 118 valence electrons. The van der Waals surface area contributed by atoms with Crippen LogP contribution in [0.25, 0.3) is 6.08 Å². The van der Waals surface area contributed by atoms with Crippen LogP contribution in [0.3, 0.4) is 0 Å². The first-order valence-electron chi connectivity index (χ1n) is 7.06. The van der Waals surface area contributed by atoms with Gasteiger partial charge in [0.05, 0.1) is 10.6 Å². The smallest absolute Gasteiger partial charge is 0.289 e. The molecule has 0 saturated heterocycles. The summed E-state index contributed by atoms with van der Waals surface area (Å²) in [5.74, 6) is -0.129. The fourth-order valence-electron chi connectivity index (χ4n) is 2.70. The van der Waals surface area contributed by atoms with Gasteiger partial charge in [-0.2, -0.15) is 13.2 Å². The molecule has 0 radical (unpaired) electrons. The lowest BCUT2D eigenvalue weighted by molar-refractivity contribution is -0.137. The number of hydrogen-bond acceptors (Lipinski definition) is 1. The van der Waals surface area contributed by atoms with Crippen molar-refractivity contribution in [1.82, 2.24) is 0 Å². The Labute approximate surface area is 136 Å². The van der Waals surface area contributed by atoms with E-state index < -0.39 is 11.7 Å². The zero-order valence-electron chi connectivity index (χ0n) is 12.0. The summed E-state index contributed by atoms with van der Waals surface area (Å²) in [6.45, 7) is 0. The maximum atomic E-state index is 12.9. The molecule has 0 unspecified atom stereocenters. The molecule has 0 amide bonds. The molecule has 0 N–H and O–H groups in total. The normalized spacial score (nSPS) is 16.5. The zero-order chi connectivity index (χ0) is 16.6. The van der Waals surface area contributed by atoms with Crippen molar-refractivity contribution in [3.05, 3.63) is 75.3 Å². The van der Waals surface area contributed by atoms with E-state index in [2.05, 4.69) is 0 Å². The quantitative estimate of drug-likeness (QED) is 0.622. The van der Waals surface area contributed by atoms with E-state index in [-0.39, 0.29) is 10.8 Å². The van der Waals surface area contributed by atoms with Gasteiger partial charge in [-0.05, 0) is 42.2 Å². The van der Waals surface area contributed by atoms with E-state index >= 15 is 0 Å². The van der Waals surface area contributed by atoms with Crippen LogP contribution < -0.4 is 0 Å². The van der Waals surface area contributed by atoms with E-state index in [1.165, 1.54) is 18.2 Å².